The lowest BCUT2D eigenvalue weighted by molar-refractivity contribution is 0.595. The number of hydrogen-bond acceptors (Lipinski definition) is 5. The van der Waals surface area contributed by atoms with Crippen LogP contribution in [0.15, 0.2) is 48.5 Å². The summed E-state index contributed by atoms with van der Waals surface area (Å²) in [5, 5.41) is 18.4. The van der Waals surface area contributed by atoms with Crippen molar-refractivity contribution < 1.29 is 4.39 Å². The molecular weight excluding hydrogens is 343 g/mol. The molecule has 0 unspecified atom stereocenters. The van der Waals surface area contributed by atoms with Gasteiger partial charge in [-0.1, -0.05) is 30.3 Å². The molecule has 4 rings (SSSR count). The summed E-state index contributed by atoms with van der Waals surface area (Å²) >= 11 is 0. The lowest BCUT2D eigenvalue weighted by atomic mass is 10.2. The van der Waals surface area contributed by atoms with Crippen molar-refractivity contribution in [3.05, 3.63) is 65.6 Å². The number of aryl methyl sites for hydroxylation is 1. The van der Waals surface area contributed by atoms with Gasteiger partial charge >= 0.3 is 0 Å². The fourth-order valence-corrected chi connectivity index (χ4v) is 3.35. The number of halogens is 1. The highest BCUT2D eigenvalue weighted by atomic mass is 19.1. The van der Waals surface area contributed by atoms with Gasteiger partial charge in [0.2, 0.25) is 5.69 Å². The number of rotatable bonds is 3. The molecule has 0 N–H and O–H groups in total. The van der Waals surface area contributed by atoms with E-state index in [4.69, 9.17) is 0 Å². The van der Waals surface area contributed by atoms with Gasteiger partial charge in [0.15, 0.2) is 5.82 Å². The Balaban J connectivity index is 1.56. The number of anilines is 2. The van der Waals surface area contributed by atoms with Crippen molar-refractivity contribution in [3.8, 4) is 11.8 Å². The SMILES string of the molecule is Cc1ccccc1-n1nc(C#N)c(N2CCN(c3ccccc3F)CC2)n1. The van der Waals surface area contributed by atoms with Crippen LogP contribution in [0.2, 0.25) is 0 Å². The highest BCUT2D eigenvalue weighted by Gasteiger charge is 2.24. The zero-order valence-corrected chi connectivity index (χ0v) is 15.0. The number of hydrogen-bond donors (Lipinski definition) is 0. The molecule has 0 saturated carbocycles. The van der Waals surface area contributed by atoms with Crippen LogP contribution < -0.4 is 9.80 Å². The summed E-state index contributed by atoms with van der Waals surface area (Å²) < 4.78 is 14.0. The van der Waals surface area contributed by atoms with Gasteiger partial charge in [-0.2, -0.15) is 5.26 Å². The Bertz CT molecular complexity index is 998. The smallest absolute Gasteiger partial charge is 0.207 e. The summed E-state index contributed by atoms with van der Waals surface area (Å²) in [7, 11) is 0. The van der Waals surface area contributed by atoms with Crippen LogP contribution in [0.1, 0.15) is 11.3 Å². The second kappa shape index (κ2) is 7.08. The van der Waals surface area contributed by atoms with E-state index < -0.39 is 0 Å². The van der Waals surface area contributed by atoms with Crippen molar-refractivity contribution in [2.75, 3.05) is 36.0 Å². The van der Waals surface area contributed by atoms with Gasteiger partial charge < -0.3 is 9.80 Å². The molecule has 6 nitrogen and oxygen atoms in total. The Morgan fingerprint density at radius 3 is 2.19 bits per heavy atom. The summed E-state index contributed by atoms with van der Waals surface area (Å²) in [5.74, 6) is 0.364. The van der Waals surface area contributed by atoms with E-state index >= 15 is 0 Å². The van der Waals surface area contributed by atoms with E-state index in [1.54, 1.807) is 12.1 Å². The minimum absolute atomic E-state index is 0.214. The first-order valence-electron chi connectivity index (χ1n) is 8.85. The Hall–Kier alpha value is -3.40. The largest absolute Gasteiger partial charge is 0.366 e. The van der Waals surface area contributed by atoms with Gasteiger partial charge in [-0.3, -0.25) is 0 Å². The van der Waals surface area contributed by atoms with Gasteiger partial charge in [-0.25, -0.2) is 4.39 Å². The summed E-state index contributed by atoms with van der Waals surface area (Å²) in [5.41, 5.74) is 2.80. The predicted octanol–water partition coefficient (Wildman–Crippen LogP) is 2.91. The molecule has 1 aliphatic rings. The molecule has 27 heavy (non-hydrogen) atoms. The van der Waals surface area contributed by atoms with E-state index in [1.165, 1.54) is 10.9 Å². The molecule has 1 aromatic heterocycles. The first-order valence-corrected chi connectivity index (χ1v) is 8.85. The Morgan fingerprint density at radius 2 is 1.52 bits per heavy atom. The Kier molecular flexibility index (Phi) is 4.47. The predicted molar refractivity (Wildman–Crippen MR) is 102 cm³/mol. The first-order chi connectivity index (χ1) is 13.2. The summed E-state index contributed by atoms with van der Waals surface area (Å²) in [4.78, 5) is 5.58. The third kappa shape index (κ3) is 3.22. The molecular formula is C20H19FN6. The van der Waals surface area contributed by atoms with Gasteiger partial charge in [0.25, 0.3) is 0 Å². The minimum atomic E-state index is -0.214. The zero-order chi connectivity index (χ0) is 18.8. The topological polar surface area (TPSA) is 61.0 Å². The van der Waals surface area contributed by atoms with Crippen molar-refractivity contribution in [2.24, 2.45) is 0 Å². The normalized spacial score (nSPS) is 14.3. The van der Waals surface area contributed by atoms with E-state index in [2.05, 4.69) is 16.3 Å². The van der Waals surface area contributed by atoms with E-state index in [1.807, 2.05) is 47.1 Å². The summed E-state index contributed by atoms with van der Waals surface area (Å²) in [6, 6.07) is 16.7. The van der Waals surface area contributed by atoms with E-state index in [-0.39, 0.29) is 5.82 Å². The maximum Gasteiger partial charge on any atom is 0.207 e. The molecule has 0 atom stereocenters. The first kappa shape index (κ1) is 17.0. The number of para-hydroxylation sites is 2. The number of aromatic nitrogens is 3. The molecule has 0 amide bonds. The molecule has 2 heterocycles. The van der Waals surface area contributed by atoms with Crippen LogP contribution in [-0.4, -0.2) is 41.2 Å². The average molecular weight is 362 g/mol. The lowest BCUT2D eigenvalue weighted by Crippen LogP contribution is -2.47. The van der Waals surface area contributed by atoms with Crippen LogP contribution in [0.25, 0.3) is 5.69 Å². The van der Waals surface area contributed by atoms with Crippen molar-refractivity contribution in [2.45, 2.75) is 6.92 Å². The maximum atomic E-state index is 14.0. The third-order valence-corrected chi connectivity index (χ3v) is 4.81. The van der Waals surface area contributed by atoms with Crippen LogP contribution in [0.5, 0.6) is 0 Å². The highest BCUT2D eigenvalue weighted by Crippen LogP contribution is 2.24. The molecule has 136 valence electrons. The molecule has 7 heteroatoms. The van der Waals surface area contributed by atoms with Crippen LogP contribution in [0.4, 0.5) is 15.9 Å². The molecule has 1 fully saturated rings. The molecule has 0 aliphatic carbocycles. The van der Waals surface area contributed by atoms with E-state index in [0.29, 0.717) is 43.4 Å². The van der Waals surface area contributed by atoms with Crippen molar-refractivity contribution in [1.82, 2.24) is 15.0 Å². The Labute approximate surface area is 157 Å². The fourth-order valence-electron chi connectivity index (χ4n) is 3.35. The molecule has 3 aromatic rings. The third-order valence-electron chi connectivity index (χ3n) is 4.81. The standard InChI is InChI=1S/C20H19FN6/c1-15-6-2-4-8-18(15)27-23-17(14-22)20(24-27)26-12-10-25(11-13-26)19-9-5-3-7-16(19)21/h2-9H,10-13H2,1H3. The molecule has 1 saturated heterocycles. The summed E-state index contributed by atoms with van der Waals surface area (Å²) in [6.45, 7) is 4.59. The average Bonchev–Trinajstić information content (AvgIpc) is 3.13. The van der Waals surface area contributed by atoms with Gasteiger partial charge in [0.1, 0.15) is 11.9 Å². The Morgan fingerprint density at radius 1 is 0.889 bits per heavy atom. The van der Waals surface area contributed by atoms with E-state index in [9.17, 15) is 9.65 Å². The molecule has 2 aromatic carbocycles. The number of piperazine rings is 1. The monoisotopic (exact) mass is 362 g/mol. The van der Waals surface area contributed by atoms with Crippen molar-refractivity contribution >= 4 is 11.5 Å². The number of benzene rings is 2. The summed E-state index contributed by atoms with van der Waals surface area (Å²) in [6.07, 6.45) is 0. The highest BCUT2D eigenvalue weighted by molar-refractivity contribution is 5.54. The molecule has 0 bridgehead atoms. The molecule has 1 aliphatic heterocycles. The van der Waals surface area contributed by atoms with Crippen LogP contribution in [-0.2, 0) is 0 Å². The van der Waals surface area contributed by atoms with Gasteiger partial charge in [0, 0.05) is 26.2 Å². The second-order valence-corrected chi connectivity index (χ2v) is 6.49. The quantitative estimate of drug-likeness (QED) is 0.717. The van der Waals surface area contributed by atoms with Gasteiger partial charge in [-0.05, 0) is 30.7 Å². The molecule has 0 radical (unpaired) electrons. The zero-order valence-electron chi connectivity index (χ0n) is 15.0. The second-order valence-electron chi connectivity index (χ2n) is 6.49. The lowest BCUT2D eigenvalue weighted by Gasteiger charge is -2.36. The minimum Gasteiger partial charge on any atom is -0.366 e. The van der Waals surface area contributed by atoms with Gasteiger partial charge in [-0.15, -0.1) is 15.0 Å². The van der Waals surface area contributed by atoms with E-state index in [0.717, 1.165) is 11.3 Å². The fraction of sp³-hybridized carbons (Fsp3) is 0.250. The van der Waals surface area contributed by atoms with Crippen LogP contribution in [0.3, 0.4) is 0 Å². The number of nitriles is 1. The number of nitrogens with zero attached hydrogens (tertiary/aromatic N) is 6. The van der Waals surface area contributed by atoms with Gasteiger partial charge in [0.05, 0.1) is 11.4 Å². The molecule has 0 spiro atoms. The maximum absolute atomic E-state index is 14.0. The van der Waals surface area contributed by atoms with Crippen LogP contribution >= 0.6 is 0 Å². The van der Waals surface area contributed by atoms with Crippen LogP contribution in [0, 0.1) is 24.1 Å². The van der Waals surface area contributed by atoms with Crippen molar-refractivity contribution in [1.29, 1.82) is 5.26 Å². The van der Waals surface area contributed by atoms with Crippen molar-refractivity contribution in [3.63, 3.8) is 0 Å².